The van der Waals surface area contributed by atoms with Gasteiger partial charge in [0.05, 0.1) is 5.56 Å². The van der Waals surface area contributed by atoms with Crippen LogP contribution >= 0.6 is 0 Å². The Labute approximate surface area is 87.4 Å². The predicted octanol–water partition coefficient (Wildman–Crippen LogP) is 2.61. The largest absolute Gasteiger partial charge is 0.366 e. The quantitative estimate of drug-likeness (QED) is 0.740. The Hall–Kier alpha value is -1.25. The van der Waals surface area contributed by atoms with Gasteiger partial charge in [-0.25, -0.2) is 0 Å². The maximum Gasteiger partial charge on any atom is 0.250 e. The highest BCUT2D eigenvalue weighted by atomic mass is 16.1. The summed E-state index contributed by atoms with van der Waals surface area (Å²) < 4.78 is 1.97. The maximum absolute atomic E-state index is 10.8. The molecule has 0 radical (unpaired) electrons. The molecule has 0 aromatic carbocycles. The van der Waals surface area contributed by atoms with Crippen molar-refractivity contribution in [2.75, 3.05) is 0 Å². The Kier molecular flexibility index (Phi) is 4.41. The van der Waals surface area contributed by atoms with Crippen LogP contribution in [0.15, 0.2) is 18.5 Å². The first kappa shape index (κ1) is 12.8. The second-order valence-corrected chi connectivity index (χ2v) is 3.84. The predicted molar refractivity (Wildman–Crippen MR) is 61.4 cm³/mol. The molecule has 2 N–H and O–H groups in total. The summed E-state index contributed by atoms with van der Waals surface area (Å²) in [6.45, 7) is 10.2. The highest BCUT2D eigenvalue weighted by molar-refractivity contribution is 5.92. The SMILES string of the molecule is CC.CC(C)(C)n1ccc(C(N)=O)c1.[HH]. The summed E-state index contributed by atoms with van der Waals surface area (Å²) in [5.74, 6) is -0.377. The third-order valence-corrected chi connectivity index (χ3v) is 1.75. The zero-order valence-corrected chi connectivity index (χ0v) is 9.66. The van der Waals surface area contributed by atoms with E-state index in [1.807, 2.05) is 24.6 Å². The number of carbonyl (C=O) groups excluding carboxylic acids is 1. The van der Waals surface area contributed by atoms with Gasteiger partial charge in [0.25, 0.3) is 0 Å². The van der Waals surface area contributed by atoms with Crippen molar-refractivity contribution in [2.45, 2.75) is 40.2 Å². The van der Waals surface area contributed by atoms with Gasteiger partial charge in [-0.3, -0.25) is 4.79 Å². The molecule has 0 fully saturated rings. The lowest BCUT2D eigenvalue weighted by Crippen LogP contribution is -2.20. The van der Waals surface area contributed by atoms with Crippen LogP contribution in [-0.4, -0.2) is 10.5 Å². The third kappa shape index (κ3) is 3.24. The molecule has 3 nitrogen and oxygen atoms in total. The second-order valence-electron chi connectivity index (χ2n) is 3.84. The van der Waals surface area contributed by atoms with E-state index in [0.717, 1.165) is 0 Å². The van der Waals surface area contributed by atoms with Crippen molar-refractivity contribution in [1.29, 1.82) is 0 Å². The number of hydrogen-bond donors (Lipinski definition) is 1. The zero-order valence-electron chi connectivity index (χ0n) is 9.66. The van der Waals surface area contributed by atoms with Crippen LogP contribution in [0, 0.1) is 0 Å². The molecular weight excluding hydrogens is 176 g/mol. The average molecular weight is 198 g/mol. The summed E-state index contributed by atoms with van der Waals surface area (Å²) in [5, 5.41) is 0. The Morgan fingerprint density at radius 1 is 1.43 bits per heavy atom. The van der Waals surface area contributed by atoms with Crippen molar-refractivity contribution in [3.05, 3.63) is 24.0 Å². The van der Waals surface area contributed by atoms with Crippen LogP contribution in [0.2, 0.25) is 0 Å². The molecule has 0 saturated heterocycles. The average Bonchev–Trinajstić information content (AvgIpc) is 2.54. The van der Waals surface area contributed by atoms with Crippen molar-refractivity contribution >= 4 is 5.91 Å². The molecule has 0 bridgehead atoms. The lowest BCUT2D eigenvalue weighted by molar-refractivity contribution is 0.1000. The Bertz CT molecular complexity index is 300. The number of aromatic nitrogens is 1. The van der Waals surface area contributed by atoms with Gasteiger partial charge in [-0.15, -0.1) is 0 Å². The molecule has 1 aromatic heterocycles. The highest BCUT2D eigenvalue weighted by Crippen LogP contribution is 2.14. The van der Waals surface area contributed by atoms with Gasteiger partial charge in [0.1, 0.15) is 0 Å². The lowest BCUT2D eigenvalue weighted by Gasteiger charge is -2.20. The molecule has 0 atom stereocenters. The minimum Gasteiger partial charge on any atom is -0.366 e. The number of rotatable bonds is 1. The summed E-state index contributed by atoms with van der Waals surface area (Å²) in [5.41, 5.74) is 5.69. The van der Waals surface area contributed by atoms with Crippen molar-refractivity contribution in [3.63, 3.8) is 0 Å². The fraction of sp³-hybridized carbons (Fsp3) is 0.545. The molecule has 0 saturated carbocycles. The first-order valence-corrected chi connectivity index (χ1v) is 4.89. The van der Waals surface area contributed by atoms with Gasteiger partial charge >= 0.3 is 0 Å². The molecule has 0 aliphatic heterocycles. The Morgan fingerprint density at radius 2 is 1.93 bits per heavy atom. The standard InChI is InChI=1S/C9H14N2O.C2H6.H2/c1-9(2,3)11-5-4-7(6-11)8(10)12;1-2;/h4-6H,1-3H3,(H2,10,12);1-2H3;1H. The molecule has 1 aromatic rings. The summed E-state index contributed by atoms with van der Waals surface area (Å²) in [6.07, 6.45) is 3.63. The smallest absolute Gasteiger partial charge is 0.250 e. The Balaban J connectivity index is 0. The van der Waals surface area contributed by atoms with Crippen LogP contribution in [0.3, 0.4) is 0 Å². The summed E-state index contributed by atoms with van der Waals surface area (Å²) in [4.78, 5) is 10.8. The molecular formula is C11H22N2O. The number of primary amides is 1. The lowest BCUT2D eigenvalue weighted by atomic mass is 10.1. The molecule has 0 aliphatic rings. The van der Waals surface area contributed by atoms with Gasteiger partial charge < -0.3 is 10.3 Å². The van der Waals surface area contributed by atoms with Gasteiger partial charge in [0.2, 0.25) is 5.91 Å². The summed E-state index contributed by atoms with van der Waals surface area (Å²) in [6, 6.07) is 1.73. The molecule has 1 rings (SSSR count). The van der Waals surface area contributed by atoms with Gasteiger partial charge in [-0.1, -0.05) is 13.8 Å². The van der Waals surface area contributed by atoms with Gasteiger partial charge in [0, 0.05) is 19.4 Å². The van der Waals surface area contributed by atoms with E-state index in [2.05, 4.69) is 20.8 Å². The van der Waals surface area contributed by atoms with Crippen molar-refractivity contribution in [1.82, 2.24) is 4.57 Å². The Morgan fingerprint density at radius 3 is 2.14 bits per heavy atom. The van der Waals surface area contributed by atoms with Crippen LogP contribution in [0.5, 0.6) is 0 Å². The van der Waals surface area contributed by atoms with Crippen LogP contribution in [-0.2, 0) is 5.54 Å². The minimum absolute atomic E-state index is 0. The minimum atomic E-state index is -0.377. The van der Waals surface area contributed by atoms with Gasteiger partial charge in [-0.05, 0) is 26.8 Å². The van der Waals surface area contributed by atoms with Crippen LogP contribution in [0.1, 0.15) is 46.4 Å². The van der Waals surface area contributed by atoms with Crippen molar-refractivity contribution in [3.8, 4) is 0 Å². The number of hydrogen-bond acceptors (Lipinski definition) is 1. The maximum atomic E-state index is 10.8. The van der Waals surface area contributed by atoms with E-state index in [-0.39, 0.29) is 12.9 Å². The molecule has 0 aliphatic carbocycles. The molecule has 14 heavy (non-hydrogen) atoms. The normalized spacial score (nSPS) is 10.4. The molecule has 0 unspecified atom stereocenters. The fourth-order valence-corrected chi connectivity index (χ4v) is 0.960. The van der Waals surface area contributed by atoms with Crippen molar-refractivity contribution in [2.24, 2.45) is 5.73 Å². The van der Waals surface area contributed by atoms with Crippen LogP contribution in [0.4, 0.5) is 0 Å². The number of carbonyl (C=O) groups is 1. The molecule has 1 amide bonds. The number of nitrogens with two attached hydrogens (primary N) is 1. The van der Waals surface area contributed by atoms with E-state index in [1.54, 1.807) is 12.3 Å². The van der Waals surface area contributed by atoms with Crippen molar-refractivity contribution < 1.29 is 6.22 Å². The zero-order chi connectivity index (χ0) is 11.4. The number of amides is 1. The summed E-state index contributed by atoms with van der Waals surface area (Å²) in [7, 11) is 0. The van der Waals surface area contributed by atoms with E-state index in [4.69, 9.17) is 5.73 Å². The molecule has 0 spiro atoms. The van der Waals surface area contributed by atoms with E-state index >= 15 is 0 Å². The van der Waals surface area contributed by atoms with Crippen LogP contribution < -0.4 is 5.73 Å². The van der Waals surface area contributed by atoms with E-state index < -0.39 is 0 Å². The van der Waals surface area contributed by atoms with Gasteiger partial charge in [-0.2, -0.15) is 0 Å². The van der Waals surface area contributed by atoms with E-state index in [9.17, 15) is 4.79 Å². The second kappa shape index (κ2) is 4.84. The molecule has 3 heteroatoms. The fourth-order valence-electron chi connectivity index (χ4n) is 0.960. The first-order valence-electron chi connectivity index (χ1n) is 4.89. The highest BCUT2D eigenvalue weighted by Gasteiger charge is 2.13. The van der Waals surface area contributed by atoms with E-state index in [0.29, 0.717) is 5.56 Å². The van der Waals surface area contributed by atoms with Gasteiger partial charge in [0.15, 0.2) is 0 Å². The monoisotopic (exact) mass is 198 g/mol. The molecule has 1 heterocycles. The topological polar surface area (TPSA) is 48.0 Å². The first-order chi connectivity index (χ1) is 6.41. The van der Waals surface area contributed by atoms with Crippen LogP contribution in [0.25, 0.3) is 0 Å². The third-order valence-electron chi connectivity index (χ3n) is 1.75. The molecule has 82 valence electrons. The number of nitrogens with zero attached hydrogens (tertiary/aromatic N) is 1. The summed E-state index contributed by atoms with van der Waals surface area (Å²) >= 11 is 0. The van der Waals surface area contributed by atoms with E-state index in [1.165, 1.54) is 0 Å².